The Hall–Kier alpha value is -2.50. The van der Waals surface area contributed by atoms with Gasteiger partial charge in [-0.15, -0.1) is 0 Å². The average molecular weight is 260 g/mol. The number of nitrogens with two attached hydrogens (primary N) is 1. The van der Waals surface area contributed by atoms with E-state index < -0.39 is 0 Å². The second-order valence-electron chi connectivity index (χ2n) is 4.12. The topological polar surface area (TPSA) is 93.2 Å². The monoisotopic (exact) mass is 260 g/mol. The van der Waals surface area contributed by atoms with Crippen molar-refractivity contribution < 1.29 is 9.90 Å². The van der Waals surface area contributed by atoms with Gasteiger partial charge in [0, 0.05) is 25.5 Å². The Balaban J connectivity index is 1.83. The molecule has 0 spiro atoms. The number of nitrogens with zero attached hydrogens (tertiary/aromatic N) is 2. The van der Waals surface area contributed by atoms with Crippen LogP contribution in [0.25, 0.3) is 0 Å². The van der Waals surface area contributed by atoms with Gasteiger partial charge in [0.1, 0.15) is 0 Å². The summed E-state index contributed by atoms with van der Waals surface area (Å²) in [5.74, 6) is -0.502. The second-order valence-corrected chi connectivity index (χ2v) is 4.12. The van der Waals surface area contributed by atoms with Gasteiger partial charge in [0.05, 0.1) is 11.3 Å². The first-order valence-corrected chi connectivity index (χ1v) is 6.01. The Kier molecular flexibility index (Phi) is 4.02. The van der Waals surface area contributed by atoms with Crippen molar-refractivity contribution in [3.8, 4) is 5.75 Å². The summed E-state index contributed by atoms with van der Waals surface area (Å²) in [6.45, 7) is 1.24. The molecule has 0 radical (unpaired) electrons. The normalized spacial score (nSPS) is 10.3. The molecule has 100 valence electrons. The van der Waals surface area contributed by atoms with E-state index in [-0.39, 0.29) is 22.9 Å². The number of nitrogen functional groups attached to an aromatic ring is 1. The van der Waals surface area contributed by atoms with E-state index in [1.165, 1.54) is 6.07 Å². The number of amides is 1. The lowest BCUT2D eigenvalue weighted by Gasteiger charge is -2.08. The van der Waals surface area contributed by atoms with E-state index in [1.807, 2.05) is 12.3 Å². The molecule has 0 bridgehead atoms. The van der Waals surface area contributed by atoms with Crippen LogP contribution in [0.5, 0.6) is 5.75 Å². The number of carbonyl (C=O) groups is 1. The largest absolute Gasteiger partial charge is 0.505 e. The minimum atomic E-state index is -0.328. The molecule has 19 heavy (non-hydrogen) atoms. The Morgan fingerprint density at radius 2 is 2.26 bits per heavy atom. The number of phenolic OH excluding ortho intramolecular Hbond substituents is 1. The van der Waals surface area contributed by atoms with Gasteiger partial charge in [-0.2, -0.15) is 5.10 Å². The summed E-state index contributed by atoms with van der Waals surface area (Å²) in [5.41, 5.74) is 5.93. The number of hydrogen-bond donors (Lipinski definition) is 3. The molecular formula is C13H16N4O2. The van der Waals surface area contributed by atoms with Crippen molar-refractivity contribution in [1.29, 1.82) is 0 Å². The minimum absolute atomic E-state index is 0.174. The lowest BCUT2D eigenvalue weighted by molar-refractivity contribution is 0.0950. The van der Waals surface area contributed by atoms with Crippen molar-refractivity contribution >= 4 is 11.6 Å². The highest BCUT2D eigenvalue weighted by molar-refractivity contribution is 5.98. The highest BCUT2D eigenvalue weighted by atomic mass is 16.3. The zero-order chi connectivity index (χ0) is 13.7. The van der Waals surface area contributed by atoms with Crippen molar-refractivity contribution in [3.05, 3.63) is 42.2 Å². The number of nitrogens with one attached hydrogen (secondary N) is 1. The van der Waals surface area contributed by atoms with Crippen molar-refractivity contribution in [2.45, 2.75) is 13.0 Å². The van der Waals surface area contributed by atoms with Gasteiger partial charge < -0.3 is 16.2 Å². The van der Waals surface area contributed by atoms with Crippen LogP contribution < -0.4 is 11.1 Å². The summed E-state index contributed by atoms with van der Waals surface area (Å²) >= 11 is 0. The smallest absolute Gasteiger partial charge is 0.255 e. The van der Waals surface area contributed by atoms with E-state index in [0.717, 1.165) is 13.0 Å². The zero-order valence-electron chi connectivity index (χ0n) is 10.4. The Bertz CT molecular complexity index is 552. The van der Waals surface area contributed by atoms with E-state index in [9.17, 15) is 9.90 Å². The number of para-hydroxylation sites is 1. The first-order valence-electron chi connectivity index (χ1n) is 6.01. The number of aromatic hydroxyl groups is 1. The summed E-state index contributed by atoms with van der Waals surface area (Å²) < 4.78 is 1.80. The fraction of sp³-hybridized carbons (Fsp3) is 0.231. The number of hydrogen-bond acceptors (Lipinski definition) is 4. The number of rotatable bonds is 5. The number of phenols is 1. The lowest BCUT2D eigenvalue weighted by Crippen LogP contribution is -2.25. The fourth-order valence-electron chi connectivity index (χ4n) is 1.72. The van der Waals surface area contributed by atoms with E-state index in [0.29, 0.717) is 6.54 Å². The van der Waals surface area contributed by atoms with Gasteiger partial charge in [0.25, 0.3) is 5.91 Å². The summed E-state index contributed by atoms with van der Waals surface area (Å²) in [5, 5.41) is 16.5. The molecule has 0 saturated carbocycles. The van der Waals surface area contributed by atoms with Crippen molar-refractivity contribution in [3.63, 3.8) is 0 Å². The van der Waals surface area contributed by atoms with Gasteiger partial charge in [-0.05, 0) is 24.6 Å². The number of carbonyl (C=O) groups excluding carboxylic acids is 1. The van der Waals surface area contributed by atoms with Crippen LogP contribution in [0.15, 0.2) is 36.7 Å². The predicted molar refractivity (Wildman–Crippen MR) is 71.7 cm³/mol. The summed E-state index contributed by atoms with van der Waals surface area (Å²) in [7, 11) is 0. The third-order valence-electron chi connectivity index (χ3n) is 2.72. The maximum absolute atomic E-state index is 11.8. The van der Waals surface area contributed by atoms with Crippen molar-refractivity contribution in [2.75, 3.05) is 12.3 Å². The van der Waals surface area contributed by atoms with Crippen LogP contribution in [0, 0.1) is 0 Å². The van der Waals surface area contributed by atoms with Crippen LogP contribution in [0.4, 0.5) is 5.69 Å². The molecule has 1 amide bonds. The SMILES string of the molecule is Nc1cccc(C(=O)NCCCn2cccn2)c1O. The van der Waals surface area contributed by atoms with Crippen molar-refractivity contribution in [2.24, 2.45) is 0 Å². The molecule has 6 nitrogen and oxygen atoms in total. The third kappa shape index (κ3) is 3.25. The molecule has 2 rings (SSSR count). The molecule has 0 saturated heterocycles. The van der Waals surface area contributed by atoms with Crippen LogP contribution in [0.3, 0.4) is 0 Å². The predicted octanol–water partition coefficient (Wildman–Crippen LogP) is 0.991. The maximum Gasteiger partial charge on any atom is 0.255 e. The van der Waals surface area contributed by atoms with Gasteiger partial charge in [0.2, 0.25) is 0 Å². The molecule has 4 N–H and O–H groups in total. The highest BCUT2D eigenvalue weighted by Gasteiger charge is 2.11. The number of benzene rings is 1. The van der Waals surface area contributed by atoms with Gasteiger partial charge in [0.15, 0.2) is 5.75 Å². The summed E-state index contributed by atoms with van der Waals surface area (Å²) in [6, 6.07) is 6.56. The van der Waals surface area contributed by atoms with E-state index >= 15 is 0 Å². The van der Waals surface area contributed by atoms with Gasteiger partial charge in [-0.25, -0.2) is 0 Å². The Morgan fingerprint density at radius 1 is 1.42 bits per heavy atom. The molecule has 0 unspecified atom stereocenters. The summed E-state index contributed by atoms with van der Waals surface area (Å²) in [6.07, 6.45) is 4.34. The first kappa shape index (κ1) is 12.9. The molecule has 1 aromatic carbocycles. The van der Waals surface area contributed by atoms with Crippen molar-refractivity contribution in [1.82, 2.24) is 15.1 Å². The number of anilines is 1. The van der Waals surface area contributed by atoms with Crippen LogP contribution in [-0.4, -0.2) is 27.3 Å². The van der Waals surface area contributed by atoms with Crippen LogP contribution in [0.1, 0.15) is 16.8 Å². The highest BCUT2D eigenvalue weighted by Crippen LogP contribution is 2.23. The molecule has 6 heteroatoms. The molecule has 1 aromatic heterocycles. The quantitative estimate of drug-likeness (QED) is 0.424. The fourth-order valence-corrected chi connectivity index (χ4v) is 1.72. The number of aryl methyl sites for hydroxylation is 1. The molecule has 0 aliphatic carbocycles. The van der Waals surface area contributed by atoms with E-state index in [4.69, 9.17) is 5.73 Å². The molecule has 2 aromatic rings. The van der Waals surface area contributed by atoms with Crippen LogP contribution >= 0.6 is 0 Å². The Labute approximate surface area is 110 Å². The van der Waals surface area contributed by atoms with Gasteiger partial charge in [-0.3, -0.25) is 9.48 Å². The average Bonchev–Trinajstić information content (AvgIpc) is 2.91. The molecule has 0 aliphatic rings. The van der Waals surface area contributed by atoms with Gasteiger partial charge >= 0.3 is 0 Å². The van der Waals surface area contributed by atoms with E-state index in [1.54, 1.807) is 23.0 Å². The molecule has 0 atom stereocenters. The summed E-state index contributed by atoms with van der Waals surface area (Å²) in [4.78, 5) is 11.8. The number of aromatic nitrogens is 2. The first-order chi connectivity index (χ1) is 9.18. The second kappa shape index (κ2) is 5.90. The van der Waals surface area contributed by atoms with Crippen LogP contribution in [-0.2, 0) is 6.54 Å². The lowest BCUT2D eigenvalue weighted by atomic mass is 10.1. The minimum Gasteiger partial charge on any atom is -0.505 e. The molecule has 0 fully saturated rings. The van der Waals surface area contributed by atoms with E-state index in [2.05, 4.69) is 10.4 Å². The maximum atomic E-state index is 11.8. The van der Waals surface area contributed by atoms with Crippen LogP contribution in [0.2, 0.25) is 0 Å². The molecule has 0 aliphatic heterocycles. The molecule has 1 heterocycles. The third-order valence-corrected chi connectivity index (χ3v) is 2.72. The standard InChI is InChI=1S/C13H16N4O2/c14-11-5-1-4-10(12(11)18)13(19)15-6-2-8-17-9-3-7-16-17/h1,3-5,7,9,18H,2,6,8,14H2,(H,15,19). The molecular weight excluding hydrogens is 244 g/mol. The zero-order valence-corrected chi connectivity index (χ0v) is 10.4. The Morgan fingerprint density at radius 3 is 3.00 bits per heavy atom. The van der Waals surface area contributed by atoms with Gasteiger partial charge in [-0.1, -0.05) is 6.07 Å².